The van der Waals surface area contributed by atoms with Gasteiger partial charge in [0, 0.05) is 18.8 Å². The van der Waals surface area contributed by atoms with Gasteiger partial charge in [0.2, 0.25) is 15.2 Å². The highest BCUT2D eigenvalue weighted by atomic mass is 35.5. The summed E-state index contributed by atoms with van der Waals surface area (Å²) in [6.07, 6.45) is 3.42. The number of rotatable bonds is 7. The molecule has 0 saturated carbocycles. The van der Waals surface area contributed by atoms with Crippen molar-refractivity contribution >= 4 is 55.8 Å². The second-order valence-electron chi connectivity index (χ2n) is 5.68. The molecule has 1 saturated heterocycles. The normalized spacial score (nSPS) is 15.0. The van der Waals surface area contributed by atoms with E-state index in [0.29, 0.717) is 28.3 Å². The average molecular weight is 445 g/mol. The highest BCUT2D eigenvalue weighted by molar-refractivity contribution is 8.01. The summed E-state index contributed by atoms with van der Waals surface area (Å²) in [5.74, 6) is 0.153. The van der Waals surface area contributed by atoms with Crippen LogP contribution >= 0.6 is 34.7 Å². The van der Waals surface area contributed by atoms with Gasteiger partial charge in [0.15, 0.2) is 4.34 Å². The lowest BCUT2D eigenvalue weighted by molar-refractivity contribution is 0.102. The number of nitrogens with zero attached hydrogens (tertiary/aromatic N) is 3. The maximum atomic E-state index is 12.7. The first-order valence-electron chi connectivity index (χ1n) is 8.10. The minimum absolute atomic E-state index is 0.0541. The predicted molar refractivity (Wildman–Crippen MR) is 108 cm³/mol. The third-order valence-corrected chi connectivity index (χ3v) is 8.03. The molecule has 1 amide bonds. The number of anilines is 1. The Kier molecular flexibility index (Phi) is 6.53. The molecule has 0 aliphatic carbocycles. The van der Waals surface area contributed by atoms with Gasteiger partial charge in [-0.2, -0.15) is 4.31 Å². The third kappa shape index (κ3) is 4.69. The molecule has 1 aromatic heterocycles. The molecule has 0 bridgehead atoms. The summed E-state index contributed by atoms with van der Waals surface area (Å²) < 4.78 is 27.5. The van der Waals surface area contributed by atoms with Crippen molar-refractivity contribution in [3.63, 3.8) is 0 Å². The number of sulfonamides is 1. The minimum Gasteiger partial charge on any atom is -0.296 e. The van der Waals surface area contributed by atoms with E-state index in [-0.39, 0.29) is 15.5 Å². The molecule has 2 heterocycles. The van der Waals surface area contributed by atoms with Gasteiger partial charge in [-0.3, -0.25) is 10.1 Å². The Bertz CT molecular complexity index is 956. The van der Waals surface area contributed by atoms with Gasteiger partial charge in [-0.15, -0.1) is 16.8 Å². The van der Waals surface area contributed by atoms with Gasteiger partial charge in [0.05, 0.1) is 15.5 Å². The van der Waals surface area contributed by atoms with E-state index in [4.69, 9.17) is 11.6 Å². The minimum atomic E-state index is -3.63. The molecule has 0 radical (unpaired) electrons. The summed E-state index contributed by atoms with van der Waals surface area (Å²) in [5, 5.41) is 11.0. The van der Waals surface area contributed by atoms with Crippen LogP contribution in [-0.2, 0) is 10.0 Å². The van der Waals surface area contributed by atoms with Crippen molar-refractivity contribution in [3.05, 3.63) is 41.4 Å². The summed E-state index contributed by atoms with van der Waals surface area (Å²) in [6, 6.07) is 4.15. The van der Waals surface area contributed by atoms with Crippen molar-refractivity contribution in [2.24, 2.45) is 0 Å². The number of carbonyl (C=O) groups is 1. The maximum Gasteiger partial charge on any atom is 0.259 e. The first-order valence-corrected chi connectivity index (χ1v) is 11.7. The molecule has 0 atom stereocenters. The molecule has 144 valence electrons. The highest BCUT2D eigenvalue weighted by Crippen LogP contribution is 2.28. The number of hydrogen-bond acceptors (Lipinski definition) is 7. The molecule has 11 heteroatoms. The summed E-state index contributed by atoms with van der Waals surface area (Å²) in [7, 11) is -3.63. The number of nitrogens with one attached hydrogen (secondary N) is 1. The van der Waals surface area contributed by atoms with Crippen LogP contribution in [0, 0.1) is 0 Å². The summed E-state index contributed by atoms with van der Waals surface area (Å²) in [4.78, 5) is 12.6. The molecule has 1 N–H and O–H groups in total. The van der Waals surface area contributed by atoms with Gasteiger partial charge in [-0.25, -0.2) is 8.42 Å². The van der Waals surface area contributed by atoms with Gasteiger partial charge in [-0.1, -0.05) is 40.8 Å². The van der Waals surface area contributed by atoms with Crippen molar-refractivity contribution < 1.29 is 13.2 Å². The van der Waals surface area contributed by atoms with Gasteiger partial charge >= 0.3 is 0 Å². The first-order chi connectivity index (χ1) is 12.9. The molecule has 27 heavy (non-hydrogen) atoms. The zero-order valence-electron chi connectivity index (χ0n) is 14.2. The lowest BCUT2D eigenvalue weighted by Crippen LogP contribution is -2.28. The number of benzene rings is 1. The van der Waals surface area contributed by atoms with Crippen LogP contribution in [0.4, 0.5) is 5.13 Å². The summed E-state index contributed by atoms with van der Waals surface area (Å²) in [6.45, 7) is 4.61. The molecule has 3 rings (SSSR count). The van der Waals surface area contributed by atoms with Crippen LogP contribution in [0.1, 0.15) is 23.2 Å². The highest BCUT2D eigenvalue weighted by Gasteiger charge is 2.28. The lowest BCUT2D eigenvalue weighted by Gasteiger charge is -2.16. The Morgan fingerprint density at radius 1 is 1.37 bits per heavy atom. The second kappa shape index (κ2) is 8.70. The Morgan fingerprint density at radius 3 is 2.81 bits per heavy atom. The second-order valence-corrected chi connectivity index (χ2v) is 10.3. The fraction of sp³-hybridized carbons (Fsp3) is 0.312. The first kappa shape index (κ1) is 20.3. The van der Waals surface area contributed by atoms with E-state index in [2.05, 4.69) is 22.1 Å². The summed E-state index contributed by atoms with van der Waals surface area (Å²) >= 11 is 8.80. The SMILES string of the molecule is C=CCSc1nnc(NC(=O)c2cc(S(=O)(=O)N3CCCC3)ccc2Cl)s1. The number of thioether (sulfide) groups is 1. The fourth-order valence-corrected chi connectivity index (χ4v) is 5.78. The van der Waals surface area contributed by atoms with Crippen LogP contribution in [0.25, 0.3) is 0 Å². The molecule has 0 spiro atoms. The number of hydrogen-bond donors (Lipinski definition) is 1. The molecular weight excluding hydrogens is 428 g/mol. The van der Waals surface area contributed by atoms with Crippen molar-refractivity contribution in [2.45, 2.75) is 22.1 Å². The van der Waals surface area contributed by atoms with Crippen molar-refractivity contribution in [2.75, 3.05) is 24.2 Å². The maximum absolute atomic E-state index is 12.7. The largest absolute Gasteiger partial charge is 0.296 e. The molecule has 1 aromatic carbocycles. The van der Waals surface area contributed by atoms with Crippen molar-refractivity contribution in [3.8, 4) is 0 Å². The zero-order chi connectivity index (χ0) is 19.4. The standard InChI is InChI=1S/C16H17ClN4O3S3/c1-2-9-25-16-20-19-15(26-16)18-14(22)12-10-11(5-6-13(12)17)27(23,24)21-7-3-4-8-21/h2,5-6,10H,1,3-4,7-9H2,(H,18,19,22). The molecule has 1 aliphatic heterocycles. The van der Waals surface area contributed by atoms with E-state index in [1.807, 2.05) is 0 Å². The van der Waals surface area contributed by atoms with Crippen LogP contribution in [0.3, 0.4) is 0 Å². The van der Waals surface area contributed by atoms with Crippen molar-refractivity contribution in [1.29, 1.82) is 0 Å². The van der Waals surface area contributed by atoms with Gasteiger partial charge in [0.1, 0.15) is 0 Å². The Balaban J connectivity index is 1.80. The van der Waals surface area contributed by atoms with Crippen LogP contribution in [0.5, 0.6) is 0 Å². The topological polar surface area (TPSA) is 92.3 Å². The smallest absolute Gasteiger partial charge is 0.259 e. The number of carbonyl (C=O) groups excluding carboxylic acids is 1. The third-order valence-electron chi connectivity index (χ3n) is 3.84. The Labute approximate surface area is 170 Å². The number of aromatic nitrogens is 2. The molecule has 1 fully saturated rings. The lowest BCUT2D eigenvalue weighted by atomic mass is 10.2. The van der Waals surface area contributed by atoms with Crippen LogP contribution in [0.2, 0.25) is 5.02 Å². The van der Waals surface area contributed by atoms with Crippen molar-refractivity contribution in [1.82, 2.24) is 14.5 Å². The molecule has 0 unspecified atom stereocenters. The van der Waals surface area contributed by atoms with Gasteiger partial charge < -0.3 is 0 Å². The molecule has 7 nitrogen and oxygen atoms in total. The van der Waals surface area contributed by atoms with Crippen LogP contribution in [0.15, 0.2) is 40.1 Å². The fourth-order valence-electron chi connectivity index (χ4n) is 2.53. The Hall–Kier alpha value is -1.46. The average Bonchev–Trinajstić information content (AvgIpc) is 3.32. The summed E-state index contributed by atoms with van der Waals surface area (Å²) in [5.41, 5.74) is 0.0763. The monoisotopic (exact) mass is 444 g/mol. The predicted octanol–water partition coefficient (Wildman–Crippen LogP) is 3.51. The number of halogens is 1. The molecular formula is C16H17ClN4O3S3. The molecule has 1 aliphatic rings. The Morgan fingerprint density at radius 2 is 2.11 bits per heavy atom. The van der Waals surface area contributed by atoms with E-state index in [9.17, 15) is 13.2 Å². The van der Waals surface area contributed by atoms with Crippen LogP contribution in [-0.4, -0.2) is 47.7 Å². The van der Waals surface area contributed by atoms with E-state index in [1.165, 1.54) is 45.6 Å². The van der Waals surface area contributed by atoms with E-state index >= 15 is 0 Å². The van der Waals surface area contributed by atoms with E-state index in [0.717, 1.165) is 12.8 Å². The van der Waals surface area contributed by atoms with Gasteiger partial charge in [-0.05, 0) is 31.0 Å². The van der Waals surface area contributed by atoms with Gasteiger partial charge in [0.25, 0.3) is 5.91 Å². The van der Waals surface area contributed by atoms with E-state index in [1.54, 1.807) is 6.08 Å². The zero-order valence-corrected chi connectivity index (χ0v) is 17.4. The number of amides is 1. The van der Waals surface area contributed by atoms with Crippen LogP contribution < -0.4 is 5.32 Å². The molecule has 2 aromatic rings. The quantitative estimate of drug-likeness (QED) is 0.399. The van der Waals surface area contributed by atoms with E-state index < -0.39 is 15.9 Å².